The fraction of sp³-hybridized carbons (Fsp3) is 0.571. The van der Waals surface area contributed by atoms with E-state index < -0.39 is 6.29 Å². The molecule has 3 heteroatoms. The maximum atomic E-state index is 10.9. The van der Waals surface area contributed by atoms with Crippen LogP contribution in [0.2, 0.25) is 0 Å². The summed E-state index contributed by atoms with van der Waals surface area (Å²) in [5, 5.41) is 0. The van der Waals surface area contributed by atoms with Crippen molar-refractivity contribution in [2.75, 3.05) is 0 Å². The van der Waals surface area contributed by atoms with E-state index in [0.717, 1.165) is 0 Å². The Labute approximate surface area is 59.6 Å². The zero-order chi connectivity index (χ0) is 7.72. The lowest BCUT2D eigenvalue weighted by molar-refractivity contribution is -0.170. The number of carbonyl (C=O) groups is 1. The van der Waals surface area contributed by atoms with Crippen molar-refractivity contribution in [2.24, 2.45) is 0 Å². The van der Waals surface area contributed by atoms with Crippen LogP contribution >= 0.6 is 0 Å². The molecule has 0 radical (unpaired) electrons. The summed E-state index contributed by atoms with van der Waals surface area (Å²) in [5.74, 6) is 0.375. The van der Waals surface area contributed by atoms with E-state index in [9.17, 15) is 4.79 Å². The van der Waals surface area contributed by atoms with E-state index in [-0.39, 0.29) is 5.97 Å². The molecule has 0 aromatic heterocycles. The first kappa shape index (κ1) is 7.12. The number of esters is 1. The van der Waals surface area contributed by atoms with Crippen LogP contribution < -0.4 is 0 Å². The van der Waals surface area contributed by atoms with Crippen LogP contribution in [0.5, 0.6) is 0 Å². The Morgan fingerprint density at radius 1 is 1.30 bits per heavy atom. The zero-order valence-corrected chi connectivity index (χ0v) is 6.30. The van der Waals surface area contributed by atoms with E-state index in [0.29, 0.717) is 11.3 Å². The zero-order valence-electron chi connectivity index (χ0n) is 6.30. The molecule has 3 nitrogen and oxygen atoms in total. The lowest BCUT2D eigenvalue weighted by Gasteiger charge is -2.21. The molecule has 0 spiro atoms. The first-order valence-corrected chi connectivity index (χ1v) is 3.16. The highest BCUT2D eigenvalue weighted by atomic mass is 16.7. The Bertz CT molecular complexity index is 193. The topological polar surface area (TPSA) is 35.5 Å². The highest BCUT2D eigenvalue weighted by molar-refractivity contribution is 5.88. The normalized spacial score (nSPS) is 25.9. The summed E-state index contributed by atoms with van der Waals surface area (Å²) in [6.07, 6.45) is -0.434. The van der Waals surface area contributed by atoms with Crippen LogP contribution in [-0.2, 0) is 14.3 Å². The quantitative estimate of drug-likeness (QED) is 0.477. The van der Waals surface area contributed by atoms with E-state index in [1.807, 2.05) is 0 Å². The number of rotatable bonds is 0. The van der Waals surface area contributed by atoms with Crippen molar-refractivity contribution in [1.29, 1.82) is 0 Å². The van der Waals surface area contributed by atoms with Gasteiger partial charge in [0.15, 0.2) is 0 Å². The molecule has 0 aromatic rings. The van der Waals surface area contributed by atoms with Crippen molar-refractivity contribution in [2.45, 2.75) is 27.1 Å². The van der Waals surface area contributed by atoms with Crippen molar-refractivity contribution in [1.82, 2.24) is 0 Å². The summed E-state index contributed by atoms with van der Waals surface area (Å²) in [4.78, 5) is 10.9. The number of allylic oxidation sites excluding steroid dienone is 1. The van der Waals surface area contributed by atoms with Crippen LogP contribution in [0.25, 0.3) is 0 Å². The lowest BCUT2D eigenvalue weighted by atomic mass is 10.2. The molecule has 1 aliphatic rings. The molecule has 0 fully saturated rings. The van der Waals surface area contributed by atoms with Gasteiger partial charge in [0.1, 0.15) is 5.76 Å². The molecule has 0 aliphatic carbocycles. The van der Waals surface area contributed by atoms with E-state index >= 15 is 0 Å². The second kappa shape index (κ2) is 2.33. The van der Waals surface area contributed by atoms with Gasteiger partial charge in [0, 0.05) is 6.92 Å². The van der Waals surface area contributed by atoms with E-state index in [4.69, 9.17) is 9.47 Å². The third kappa shape index (κ3) is 1.12. The summed E-state index contributed by atoms with van der Waals surface area (Å²) in [6.45, 7) is 5.13. The maximum absolute atomic E-state index is 10.9. The van der Waals surface area contributed by atoms with Gasteiger partial charge in [-0.05, 0) is 13.8 Å². The molecule has 1 aliphatic heterocycles. The second-order valence-corrected chi connectivity index (χ2v) is 2.27. The molecule has 1 heterocycles. The molecule has 1 atom stereocenters. The molecule has 0 aromatic carbocycles. The minimum Gasteiger partial charge on any atom is -0.459 e. The molecule has 1 rings (SSSR count). The Morgan fingerprint density at radius 3 is 2.40 bits per heavy atom. The summed E-state index contributed by atoms with van der Waals surface area (Å²) >= 11 is 0. The average molecular weight is 142 g/mol. The van der Waals surface area contributed by atoms with Crippen LogP contribution in [0, 0.1) is 0 Å². The van der Waals surface area contributed by atoms with Gasteiger partial charge in [-0.15, -0.1) is 0 Å². The Kier molecular flexibility index (Phi) is 1.66. The Morgan fingerprint density at radius 2 is 1.90 bits per heavy atom. The van der Waals surface area contributed by atoms with Crippen LogP contribution in [-0.4, -0.2) is 12.3 Å². The van der Waals surface area contributed by atoms with Crippen molar-refractivity contribution in [3.8, 4) is 0 Å². The van der Waals surface area contributed by atoms with Gasteiger partial charge >= 0.3 is 5.97 Å². The van der Waals surface area contributed by atoms with Crippen LogP contribution in [0.3, 0.4) is 0 Å². The number of carbonyl (C=O) groups excluding carboxylic acids is 1. The lowest BCUT2D eigenvalue weighted by Crippen LogP contribution is -2.24. The number of hydrogen-bond acceptors (Lipinski definition) is 3. The molecular weight excluding hydrogens is 132 g/mol. The van der Waals surface area contributed by atoms with Crippen LogP contribution in [0.4, 0.5) is 0 Å². The minimum absolute atomic E-state index is 0.281. The van der Waals surface area contributed by atoms with Crippen LogP contribution in [0.15, 0.2) is 11.3 Å². The molecule has 0 saturated carbocycles. The van der Waals surface area contributed by atoms with Crippen molar-refractivity contribution in [3.05, 3.63) is 11.3 Å². The first-order valence-electron chi connectivity index (χ1n) is 3.16. The van der Waals surface area contributed by atoms with Gasteiger partial charge in [0.05, 0.1) is 5.57 Å². The van der Waals surface area contributed by atoms with E-state index in [2.05, 4.69) is 0 Å². The Balaban J connectivity index is 2.85. The smallest absolute Gasteiger partial charge is 0.340 e. The molecule has 0 N–H and O–H groups in total. The van der Waals surface area contributed by atoms with Gasteiger partial charge in [0.25, 0.3) is 0 Å². The molecule has 10 heavy (non-hydrogen) atoms. The minimum atomic E-state index is -0.434. The molecule has 0 bridgehead atoms. The van der Waals surface area contributed by atoms with Gasteiger partial charge in [-0.3, -0.25) is 0 Å². The fourth-order valence-electron chi connectivity index (χ4n) is 0.744. The van der Waals surface area contributed by atoms with Gasteiger partial charge in [-0.2, -0.15) is 0 Å². The summed E-state index contributed by atoms with van der Waals surface area (Å²) < 4.78 is 9.86. The van der Waals surface area contributed by atoms with E-state index in [1.165, 1.54) is 0 Å². The molecule has 0 saturated heterocycles. The second-order valence-electron chi connectivity index (χ2n) is 2.27. The van der Waals surface area contributed by atoms with Gasteiger partial charge in [-0.25, -0.2) is 4.79 Å². The van der Waals surface area contributed by atoms with Gasteiger partial charge < -0.3 is 9.47 Å². The maximum Gasteiger partial charge on any atom is 0.340 e. The average Bonchev–Trinajstić information content (AvgIpc) is 1.82. The van der Waals surface area contributed by atoms with Gasteiger partial charge in [0.2, 0.25) is 6.29 Å². The number of ether oxygens (including phenoxy) is 2. The predicted molar refractivity (Wildman–Crippen MR) is 35.0 cm³/mol. The first-order chi connectivity index (χ1) is 4.61. The van der Waals surface area contributed by atoms with Crippen molar-refractivity contribution < 1.29 is 14.3 Å². The summed E-state index contributed by atoms with van der Waals surface area (Å²) in [5.41, 5.74) is 0.554. The molecular formula is C7H10O3. The number of hydrogen-bond donors (Lipinski definition) is 0. The largest absolute Gasteiger partial charge is 0.459 e. The standard InChI is InChI=1S/C7H10O3/c1-4-5(2)9-6(3)10-7(4)8/h6H,1-3H3/t6-/m0/s1. The fourth-order valence-corrected chi connectivity index (χ4v) is 0.744. The third-order valence-electron chi connectivity index (χ3n) is 1.45. The summed E-state index contributed by atoms with van der Waals surface area (Å²) in [6, 6.07) is 0. The monoisotopic (exact) mass is 142 g/mol. The van der Waals surface area contributed by atoms with Crippen molar-refractivity contribution in [3.63, 3.8) is 0 Å². The SMILES string of the molecule is CC1=C(C)C(=O)O[C@@H](C)O1. The Hall–Kier alpha value is -0.990. The van der Waals surface area contributed by atoms with Crippen molar-refractivity contribution >= 4 is 5.97 Å². The van der Waals surface area contributed by atoms with Gasteiger partial charge in [-0.1, -0.05) is 0 Å². The van der Waals surface area contributed by atoms with Crippen LogP contribution in [0.1, 0.15) is 20.8 Å². The highest BCUT2D eigenvalue weighted by Crippen LogP contribution is 2.16. The summed E-state index contributed by atoms with van der Waals surface area (Å²) in [7, 11) is 0. The molecule has 56 valence electrons. The predicted octanol–water partition coefficient (Wildman–Crippen LogP) is 1.20. The van der Waals surface area contributed by atoms with E-state index in [1.54, 1.807) is 20.8 Å². The number of cyclic esters (lactones) is 1. The molecule has 0 amide bonds. The molecule has 0 unspecified atom stereocenters. The third-order valence-corrected chi connectivity index (χ3v) is 1.45. The highest BCUT2D eigenvalue weighted by Gasteiger charge is 2.21.